The predicted octanol–water partition coefficient (Wildman–Crippen LogP) is 2.81. The molecule has 0 atom stereocenters. The zero-order chi connectivity index (χ0) is 15.5. The summed E-state index contributed by atoms with van der Waals surface area (Å²) in [7, 11) is 1.62. The number of aromatic amines is 1. The standard InChI is InChI=1S/C15H13ClN4O2/c1-22-11-4-2-9(3-5-11)10-6-12-14(17-8-10)19-20-15(12)18-13(21)7-16/h2-6,8H,7H2,1H3,(H2,17,18,19,20,21). The number of alkyl halides is 1. The number of benzene rings is 1. The molecule has 2 heterocycles. The number of ether oxygens (including phenoxy) is 1. The topological polar surface area (TPSA) is 79.9 Å². The summed E-state index contributed by atoms with van der Waals surface area (Å²) in [4.78, 5) is 15.7. The number of carbonyl (C=O) groups excluding carboxylic acids is 1. The maximum atomic E-state index is 11.4. The molecule has 0 aliphatic carbocycles. The predicted molar refractivity (Wildman–Crippen MR) is 85.2 cm³/mol. The second kappa shape index (κ2) is 6.03. The molecule has 3 aromatic rings. The van der Waals surface area contributed by atoms with Gasteiger partial charge in [0.05, 0.1) is 12.5 Å². The van der Waals surface area contributed by atoms with Crippen LogP contribution in [0, 0.1) is 0 Å². The number of hydrogen-bond donors (Lipinski definition) is 2. The van der Waals surface area contributed by atoms with Crippen LogP contribution in [-0.2, 0) is 4.79 Å². The number of H-pyrrole nitrogens is 1. The molecule has 22 heavy (non-hydrogen) atoms. The van der Waals surface area contributed by atoms with Crippen molar-refractivity contribution >= 4 is 34.4 Å². The van der Waals surface area contributed by atoms with Crippen molar-refractivity contribution in [1.29, 1.82) is 0 Å². The van der Waals surface area contributed by atoms with E-state index in [-0.39, 0.29) is 11.8 Å². The number of halogens is 1. The summed E-state index contributed by atoms with van der Waals surface area (Å²) >= 11 is 5.50. The van der Waals surface area contributed by atoms with E-state index in [4.69, 9.17) is 16.3 Å². The average molecular weight is 317 g/mol. The van der Waals surface area contributed by atoms with Crippen molar-refractivity contribution in [3.63, 3.8) is 0 Å². The van der Waals surface area contributed by atoms with Gasteiger partial charge in [-0.1, -0.05) is 12.1 Å². The number of aromatic nitrogens is 3. The third-order valence-corrected chi connectivity index (χ3v) is 3.46. The van der Waals surface area contributed by atoms with Crippen LogP contribution in [0.3, 0.4) is 0 Å². The van der Waals surface area contributed by atoms with Crippen LogP contribution in [0.1, 0.15) is 0 Å². The van der Waals surface area contributed by atoms with Crippen LogP contribution in [0.5, 0.6) is 5.75 Å². The van der Waals surface area contributed by atoms with E-state index < -0.39 is 0 Å². The average Bonchev–Trinajstić information content (AvgIpc) is 2.97. The number of rotatable bonds is 4. The second-order valence-electron chi connectivity index (χ2n) is 4.60. The van der Waals surface area contributed by atoms with Crippen LogP contribution in [0.2, 0.25) is 0 Å². The third-order valence-electron chi connectivity index (χ3n) is 3.22. The summed E-state index contributed by atoms with van der Waals surface area (Å²) < 4.78 is 5.15. The molecule has 6 nitrogen and oxygen atoms in total. The number of hydrogen-bond acceptors (Lipinski definition) is 4. The van der Waals surface area contributed by atoms with Gasteiger partial charge in [-0.05, 0) is 23.8 Å². The Morgan fingerprint density at radius 3 is 2.77 bits per heavy atom. The fourth-order valence-electron chi connectivity index (χ4n) is 2.11. The first kappa shape index (κ1) is 14.3. The monoisotopic (exact) mass is 316 g/mol. The number of methoxy groups -OCH3 is 1. The van der Waals surface area contributed by atoms with Crippen LogP contribution >= 0.6 is 11.6 Å². The fourth-order valence-corrected chi connectivity index (χ4v) is 2.18. The van der Waals surface area contributed by atoms with Crippen molar-refractivity contribution in [3.8, 4) is 16.9 Å². The number of nitrogens with zero attached hydrogens (tertiary/aromatic N) is 2. The van der Waals surface area contributed by atoms with Crippen molar-refractivity contribution in [1.82, 2.24) is 15.2 Å². The molecular weight excluding hydrogens is 304 g/mol. The highest BCUT2D eigenvalue weighted by molar-refractivity contribution is 6.29. The minimum absolute atomic E-state index is 0.119. The van der Waals surface area contributed by atoms with Crippen molar-refractivity contribution in [2.75, 3.05) is 18.3 Å². The molecule has 0 radical (unpaired) electrons. The van der Waals surface area contributed by atoms with Crippen molar-refractivity contribution in [2.24, 2.45) is 0 Å². The molecule has 0 unspecified atom stereocenters. The molecular formula is C15H13ClN4O2. The van der Waals surface area contributed by atoms with Gasteiger partial charge in [0.2, 0.25) is 5.91 Å². The Morgan fingerprint density at radius 1 is 1.32 bits per heavy atom. The summed E-state index contributed by atoms with van der Waals surface area (Å²) in [5.41, 5.74) is 2.44. The number of nitrogens with one attached hydrogen (secondary N) is 2. The highest BCUT2D eigenvalue weighted by Crippen LogP contribution is 2.27. The molecule has 112 valence electrons. The molecule has 2 aromatic heterocycles. The maximum Gasteiger partial charge on any atom is 0.240 e. The molecule has 0 bridgehead atoms. The lowest BCUT2D eigenvalue weighted by Crippen LogP contribution is -2.12. The molecule has 0 saturated heterocycles. The Balaban J connectivity index is 2.00. The van der Waals surface area contributed by atoms with Crippen LogP contribution in [0.25, 0.3) is 22.2 Å². The summed E-state index contributed by atoms with van der Waals surface area (Å²) in [6, 6.07) is 9.56. The van der Waals surface area contributed by atoms with Crippen LogP contribution < -0.4 is 10.1 Å². The Labute approximate surface area is 131 Å². The van der Waals surface area contributed by atoms with Crippen molar-refractivity contribution in [2.45, 2.75) is 0 Å². The van der Waals surface area contributed by atoms with E-state index in [1.54, 1.807) is 13.3 Å². The highest BCUT2D eigenvalue weighted by Gasteiger charge is 2.10. The first-order chi connectivity index (χ1) is 10.7. The fraction of sp³-hybridized carbons (Fsp3) is 0.133. The number of carbonyl (C=O) groups is 1. The van der Waals surface area contributed by atoms with Gasteiger partial charge in [-0.2, -0.15) is 5.10 Å². The Bertz CT molecular complexity index is 814. The zero-order valence-electron chi connectivity index (χ0n) is 11.8. The normalized spacial score (nSPS) is 10.6. The van der Waals surface area contributed by atoms with Gasteiger partial charge < -0.3 is 10.1 Å². The third kappa shape index (κ3) is 2.73. The first-order valence-electron chi connectivity index (χ1n) is 6.55. The quantitative estimate of drug-likeness (QED) is 0.725. The molecule has 3 rings (SSSR count). The smallest absolute Gasteiger partial charge is 0.240 e. The van der Waals surface area contributed by atoms with Gasteiger partial charge in [-0.15, -0.1) is 11.6 Å². The van der Waals surface area contributed by atoms with Crippen LogP contribution in [0.4, 0.5) is 5.82 Å². The first-order valence-corrected chi connectivity index (χ1v) is 7.09. The molecule has 2 N–H and O–H groups in total. The van der Waals surface area contributed by atoms with E-state index in [0.29, 0.717) is 11.5 Å². The lowest BCUT2D eigenvalue weighted by Gasteiger charge is -2.04. The Morgan fingerprint density at radius 2 is 2.09 bits per heavy atom. The largest absolute Gasteiger partial charge is 0.497 e. The minimum atomic E-state index is -0.304. The minimum Gasteiger partial charge on any atom is -0.497 e. The van der Waals surface area contributed by atoms with E-state index in [1.165, 1.54) is 0 Å². The molecule has 0 fully saturated rings. The molecule has 1 aromatic carbocycles. The molecule has 1 amide bonds. The van der Waals surface area contributed by atoms with Gasteiger partial charge in [0.1, 0.15) is 17.4 Å². The second-order valence-corrected chi connectivity index (χ2v) is 4.87. The van der Waals surface area contributed by atoms with E-state index in [0.717, 1.165) is 22.3 Å². The SMILES string of the molecule is COc1ccc(-c2cnc3n[nH]c(NC(=O)CCl)c3c2)cc1. The van der Waals surface area contributed by atoms with E-state index in [2.05, 4.69) is 20.5 Å². The lowest BCUT2D eigenvalue weighted by atomic mass is 10.1. The number of fused-ring (bicyclic) bond motifs is 1. The molecule has 0 saturated carbocycles. The number of pyridine rings is 1. The van der Waals surface area contributed by atoms with E-state index in [9.17, 15) is 4.79 Å². The Kier molecular flexibility index (Phi) is 3.93. The van der Waals surface area contributed by atoms with Gasteiger partial charge in [-0.3, -0.25) is 9.89 Å². The van der Waals surface area contributed by atoms with Gasteiger partial charge in [0.15, 0.2) is 5.65 Å². The molecule has 0 spiro atoms. The van der Waals surface area contributed by atoms with E-state index in [1.807, 2.05) is 30.3 Å². The maximum absolute atomic E-state index is 11.4. The van der Waals surface area contributed by atoms with Gasteiger partial charge in [-0.25, -0.2) is 4.98 Å². The van der Waals surface area contributed by atoms with Crippen molar-refractivity contribution in [3.05, 3.63) is 36.5 Å². The van der Waals surface area contributed by atoms with Gasteiger partial charge in [0.25, 0.3) is 0 Å². The molecule has 7 heteroatoms. The van der Waals surface area contributed by atoms with Crippen molar-refractivity contribution < 1.29 is 9.53 Å². The Hall–Kier alpha value is -2.60. The summed E-state index contributed by atoms with van der Waals surface area (Å²) in [5.74, 6) is 0.855. The molecule has 0 aliphatic heterocycles. The van der Waals surface area contributed by atoms with E-state index >= 15 is 0 Å². The van der Waals surface area contributed by atoms with Gasteiger partial charge in [0, 0.05) is 11.8 Å². The zero-order valence-corrected chi connectivity index (χ0v) is 12.5. The number of anilines is 1. The molecule has 0 aliphatic rings. The van der Waals surface area contributed by atoms with Crippen LogP contribution in [0.15, 0.2) is 36.5 Å². The van der Waals surface area contributed by atoms with Crippen LogP contribution in [-0.4, -0.2) is 34.1 Å². The highest BCUT2D eigenvalue weighted by atomic mass is 35.5. The number of amides is 1. The summed E-state index contributed by atoms with van der Waals surface area (Å²) in [6.07, 6.45) is 1.73. The summed E-state index contributed by atoms with van der Waals surface area (Å²) in [5, 5.41) is 10.2. The lowest BCUT2D eigenvalue weighted by molar-refractivity contribution is -0.113. The van der Waals surface area contributed by atoms with Gasteiger partial charge >= 0.3 is 0 Å². The summed E-state index contributed by atoms with van der Waals surface area (Å²) in [6.45, 7) is 0.